The molecule has 0 saturated carbocycles. The molecule has 2 aromatic carbocycles. The summed E-state index contributed by atoms with van der Waals surface area (Å²) < 4.78 is 5.98. The molecule has 0 aliphatic heterocycles. The summed E-state index contributed by atoms with van der Waals surface area (Å²) in [7, 11) is 0. The lowest BCUT2D eigenvalue weighted by Gasteiger charge is -2.11. The van der Waals surface area contributed by atoms with Crippen LogP contribution >= 0.6 is 11.8 Å². The third-order valence-electron chi connectivity index (χ3n) is 3.23. The van der Waals surface area contributed by atoms with Gasteiger partial charge in [0.2, 0.25) is 0 Å². The molecule has 5 heteroatoms. The van der Waals surface area contributed by atoms with E-state index in [-0.39, 0.29) is 5.84 Å². The fourth-order valence-corrected chi connectivity index (χ4v) is 2.94. The van der Waals surface area contributed by atoms with Crippen LogP contribution in [-0.2, 0) is 0 Å². The highest BCUT2D eigenvalue weighted by Gasteiger charge is 2.10. The largest absolute Gasteiger partial charge is 0.456 e. The van der Waals surface area contributed by atoms with Gasteiger partial charge in [-0.05, 0) is 36.6 Å². The van der Waals surface area contributed by atoms with E-state index < -0.39 is 0 Å². The van der Waals surface area contributed by atoms with Gasteiger partial charge in [-0.1, -0.05) is 12.1 Å². The van der Waals surface area contributed by atoms with E-state index in [0.29, 0.717) is 11.3 Å². The normalized spacial score (nSPS) is 10.7. The average Bonchev–Trinajstić information content (AvgIpc) is 2.96. The van der Waals surface area contributed by atoms with Crippen LogP contribution in [0.25, 0.3) is 10.9 Å². The zero-order valence-electron chi connectivity index (χ0n) is 11.5. The van der Waals surface area contributed by atoms with Crippen LogP contribution in [0.2, 0.25) is 0 Å². The first-order valence-electron chi connectivity index (χ1n) is 6.45. The Morgan fingerprint density at radius 2 is 2.10 bits per heavy atom. The van der Waals surface area contributed by atoms with Crippen LogP contribution in [0.4, 0.5) is 0 Å². The molecule has 3 rings (SSSR count). The molecule has 0 atom stereocenters. The minimum atomic E-state index is 0.0339. The maximum absolute atomic E-state index is 7.49. The first-order chi connectivity index (χ1) is 10.2. The van der Waals surface area contributed by atoms with E-state index in [2.05, 4.69) is 4.98 Å². The van der Waals surface area contributed by atoms with Crippen LogP contribution in [0.3, 0.4) is 0 Å². The SMILES string of the molecule is CSc1c(Oc2cccc(C(=N)N)c2)ccc2[nH]ccc12. The fraction of sp³-hybridized carbons (Fsp3) is 0.0625. The van der Waals surface area contributed by atoms with E-state index in [0.717, 1.165) is 21.5 Å². The molecule has 106 valence electrons. The van der Waals surface area contributed by atoms with Crippen molar-refractivity contribution in [2.24, 2.45) is 5.73 Å². The molecule has 1 aromatic heterocycles. The molecule has 0 fully saturated rings. The molecular formula is C16H15N3OS. The molecule has 0 bridgehead atoms. The van der Waals surface area contributed by atoms with Gasteiger partial charge in [0.05, 0.1) is 4.90 Å². The van der Waals surface area contributed by atoms with Crippen molar-refractivity contribution in [3.8, 4) is 11.5 Å². The molecule has 4 nitrogen and oxygen atoms in total. The number of ether oxygens (including phenoxy) is 1. The number of H-pyrrole nitrogens is 1. The summed E-state index contributed by atoms with van der Waals surface area (Å²) in [6.07, 6.45) is 3.95. The number of aromatic nitrogens is 1. The van der Waals surface area contributed by atoms with Gasteiger partial charge in [0.25, 0.3) is 0 Å². The van der Waals surface area contributed by atoms with E-state index in [1.807, 2.05) is 42.8 Å². The summed E-state index contributed by atoms with van der Waals surface area (Å²) in [5.74, 6) is 1.51. The van der Waals surface area contributed by atoms with Gasteiger partial charge in [-0.3, -0.25) is 5.41 Å². The van der Waals surface area contributed by atoms with E-state index in [9.17, 15) is 0 Å². The van der Waals surface area contributed by atoms with Gasteiger partial charge in [-0.2, -0.15) is 0 Å². The van der Waals surface area contributed by atoms with Gasteiger partial charge in [0, 0.05) is 22.7 Å². The van der Waals surface area contributed by atoms with E-state index in [1.54, 1.807) is 23.9 Å². The smallest absolute Gasteiger partial charge is 0.141 e. The van der Waals surface area contributed by atoms with Crippen molar-refractivity contribution in [3.05, 3.63) is 54.2 Å². The Morgan fingerprint density at radius 1 is 1.24 bits per heavy atom. The topological polar surface area (TPSA) is 74.9 Å². The van der Waals surface area contributed by atoms with Crippen molar-refractivity contribution in [2.45, 2.75) is 4.90 Å². The maximum atomic E-state index is 7.49. The predicted molar refractivity (Wildman–Crippen MR) is 87.6 cm³/mol. The number of nitrogens with two attached hydrogens (primary N) is 1. The van der Waals surface area contributed by atoms with Crippen molar-refractivity contribution in [1.29, 1.82) is 5.41 Å². The summed E-state index contributed by atoms with van der Waals surface area (Å²) >= 11 is 1.65. The number of benzene rings is 2. The maximum Gasteiger partial charge on any atom is 0.141 e. The quantitative estimate of drug-likeness (QED) is 0.387. The summed E-state index contributed by atoms with van der Waals surface area (Å²) in [6.45, 7) is 0. The molecular weight excluding hydrogens is 282 g/mol. The molecule has 21 heavy (non-hydrogen) atoms. The first kappa shape index (κ1) is 13.6. The van der Waals surface area contributed by atoms with Crippen molar-refractivity contribution in [2.75, 3.05) is 6.26 Å². The third-order valence-corrected chi connectivity index (χ3v) is 4.06. The Bertz CT molecular complexity index is 810. The zero-order chi connectivity index (χ0) is 14.8. The van der Waals surface area contributed by atoms with Crippen LogP contribution in [-0.4, -0.2) is 17.1 Å². The minimum Gasteiger partial charge on any atom is -0.456 e. The number of amidine groups is 1. The lowest BCUT2D eigenvalue weighted by molar-refractivity contribution is 0.472. The van der Waals surface area contributed by atoms with Gasteiger partial charge in [-0.25, -0.2) is 0 Å². The zero-order valence-corrected chi connectivity index (χ0v) is 12.3. The molecule has 0 aliphatic rings. The first-order valence-corrected chi connectivity index (χ1v) is 7.68. The van der Waals surface area contributed by atoms with Crippen LogP contribution in [0, 0.1) is 5.41 Å². The van der Waals surface area contributed by atoms with Crippen LogP contribution in [0.5, 0.6) is 11.5 Å². The average molecular weight is 297 g/mol. The summed E-state index contributed by atoms with van der Waals surface area (Å²) in [5.41, 5.74) is 7.25. The molecule has 0 spiro atoms. The lowest BCUT2D eigenvalue weighted by atomic mass is 10.2. The van der Waals surface area contributed by atoms with Crippen LogP contribution in [0.1, 0.15) is 5.56 Å². The summed E-state index contributed by atoms with van der Waals surface area (Å²) in [4.78, 5) is 4.28. The van der Waals surface area contributed by atoms with Gasteiger partial charge in [-0.15, -0.1) is 11.8 Å². The third kappa shape index (κ3) is 2.60. The second-order valence-electron chi connectivity index (χ2n) is 4.58. The minimum absolute atomic E-state index is 0.0339. The lowest BCUT2D eigenvalue weighted by Crippen LogP contribution is -2.10. The van der Waals surface area contributed by atoms with Gasteiger partial charge in [0.15, 0.2) is 0 Å². The van der Waals surface area contributed by atoms with Crippen molar-refractivity contribution >= 4 is 28.5 Å². The number of thioether (sulfide) groups is 1. The number of nitrogens with one attached hydrogen (secondary N) is 2. The Balaban J connectivity index is 2.01. The Labute approximate surface area is 126 Å². The molecule has 4 N–H and O–H groups in total. The number of aromatic amines is 1. The molecule has 0 saturated heterocycles. The molecule has 0 amide bonds. The molecule has 0 aliphatic carbocycles. The summed E-state index contributed by atoms with van der Waals surface area (Å²) in [6, 6.07) is 13.2. The Kier molecular flexibility index (Phi) is 3.58. The molecule has 1 heterocycles. The van der Waals surface area contributed by atoms with Crippen molar-refractivity contribution in [1.82, 2.24) is 4.98 Å². The molecule has 0 radical (unpaired) electrons. The van der Waals surface area contributed by atoms with Gasteiger partial charge >= 0.3 is 0 Å². The van der Waals surface area contributed by atoms with Crippen molar-refractivity contribution < 1.29 is 4.74 Å². The van der Waals surface area contributed by atoms with Gasteiger partial charge in [0.1, 0.15) is 17.3 Å². The monoisotopic (exact) mass is 297 g/mol. The van der Waals surface area contributed by atoms with Crippen LogP contribution < -0.4 is 10.5 Å². The summed E-state index contributed by atoms with van der Waals surface area (Å²) in [5, 5.41) is 8.63. The van der Waals surface area contributed by atoms with Crippen molar-refractivity contribution in [3.63, 3.8) is 0 Å². The number of fused-ring (bicyclic) bond motifs is 1. The highest BCUT2D eigenvalue weighted by molar-refractivity contribution is 7.99. The van der Waals surface area contributed by atoms with Crippen LogP contribution in [0.15, 0.2) is 53.6 Å². The predicted octanol–water partition coefficient (Wildman–Crippen LogP) is 3.97. The number of nitrogen functional groups attached to an aromatic ring is 1. The fourth-order valence-electron chi connectivity index (χ4n) is 2.23. The Morgan fingerprint density at radius 3 is 2.86 bits per heavy atom. The van der Waals surface area contributed by atoms with E-state index in [4.69, 9.17) is 15.9 Å². The van der Waals surface area contributed by atoms with E-state index >= 15 is 0 Å². The van der Waals surface area contributed by atoms with Gasteiger partial charge < -0.3 is 15.5 Å². The second-order valence-corrected chi connectivity index (χ2v) is 5.40. The molecule has 0 unspecified atom stereocenters. The highest BCUT2D eigenvalue weighted by Crippen LogP contribution is 2.37. The molecule has 3 aromatic rings. The van der Waals surface area contributed by atoms with E-state index in [1.165, 1.54) is 0 Å². The Hall–Kier alpha value is -2.40. The standard InChI is InChI=1S/C16H15N3OS/c1-21-15-12-7-8-19-13(12)5-6-14(15)20-11-4-2-3-10(9-11)16(17)18/h2-9,19H,1H3,(H3,17,18). The number of rotatable bonds is 4. The number of hydrogen-bond acceptors (Lipinski definition) is 3. The highest BCUT2D eigenvalue weighted by atomic mass is 32.2. The number of hydrogen-bond donors (Lipinski definition) is 3. The second kappa shape index (κ2) is 5.54.